The molecule has 106 valence electrons. The van der Waals surface area contributed by atoms with Crippen molar-refractivity contribution >= 4 is 5.97 Å². The molecule has 19 heavy (non-hydrogen) atoms. The number of hydrogen-bond donors (Lipinski definition) is 1. The Morgan fingerprint density at radius 1 is 1.26 bits per heavy atom. The van der Waals surface area contributed by atoms with Crippen molar-refractivity contribution in [2.24, 2.45) is 0 Å². The molecule has 1 rings (SSSR count). The summed E-state index contributed by atoms with van der Waals surface area (Å²) in [5.41, 5.74) is 1.30. The second kappa shape index (κ2) is 8.53. The minimum absolute atomic E-state index is 0.266. The van der Waals surface area contributed by atoms with Gasteiger partial charge >= 0.3 is 5.97 Å². The van der Waals surface area contributed by atoms with Gasteiger partial charge in [-0.05, 0) is 38.1 Å². The first-order chi connectivity index (χ1) is 9.21. The number of hydrogen-bond acceptors (Lipinski definition) is 4. The fourth-order valence-corrected chi connectivity index (χ4v) is 1.73. The molecular formula is C15H23NO3. The molecule has 1 aromatic carbocycles. The molecule has 0 radical (unpaired) electrons. The van der Waals surface area contributed by atoms with Crippen LogP contribution < -0.4 is 10.1 Å². The van der Waals surface area contributed by atoms with E-state index in [-0.39, 0.29) is 12.6 Å². The summed E-state index contributed by atoms with van der Waals surface area (Å²) in [6.45, 7) is 4.59. The molecule has 0 heterocycles. The van der Waals surface area contributed by atoms with Crippen molar-refractivity contribution in [2.45, 2.75) is 32.7 Å². The lowest BCUT2D eigenvalue weighted by Gasteiger charge is -2.15. The third-order valence-electron chi connectivity index (χ3n) is 2.80. The summed E-state index contributed by atoms with van der Waals surface area (Å²) in [6, 6.07) is 7.54. The van der Waals surface area contributed by atoms with Crippen LogP contribution in [0.2, 0.25) is 0 Å². The lowest BCUT2D eigenvalue weighted by atomic mass is 10.1. The van der Waals surface area contributed by atoms with Gasteiger partial charge in [0.1, 0.15) is 18.4 Å². The molecule has 0 spiro atoms. The number of aryl methyl sites for hydroxylation is 1. The Hall–Kier alpha value is -1.55. The number of nitrogens with one attached hydrogen (secondary N) is 1. The standard InChI is InChI=1S/C15H23NO3/c1-4-6-12-7-9-13(10-8-12)19-11-14(16-3)15(17)18-5-2/h7-10,14,16H,4-6,11H2,1-3H3. The van der Waals surface area contributed by atoms with E-state index in [0.29, 0.717) is 6.61 Å². The van der Waals surface area contributed by atoms with Crippen LogP contribution in [0.3, 0.4) is 0 Å². The Labute approximate surface area is 115 Å². The normalized spacial score (nSPS) is 11.9. The van der Waals surface area contributed by atoms with Gasteiger partial charge in [0.25, 0.3) is 0 Å². The van der Waals surface area contributed by atoms with Gasteiger partial charge in [-0.15, -0.1) is 0 Å². The van der Waals surface area contributed by atoms with Crippen molar-refractivity contribution in [2.75, 3.05) is 20.3 Å². The minimum atomic E-state index is -0.435. The van der Waals surface area contributed by atoms with E-state index in [1.165, 1.54) is 5.56 Å². The first-order valence-electron chi connectivity index (χ1n) is 6.76. The van der Waals surface area contributed by atoms with Gasteiger partial charge in [-0.3, -0.25) is 4.79 Å². The fourth-order valence-electron chi connectivity index (χ4n) is 1.73. The van der Waals surface area contributed by atoms with Crippen molar-refractivity contribution in [3.8, 4) is 5.75 Å². The van der Waals surface area contributed by atoms with Crippen molar-refractivity contribution < 1.29 is 14.3 Å². The van der Waals surface area contributed by atoms with Gasteiger partial charge < -0.3 is 14.8 Å². The van der Waals surface area contributed by atoms with Crippen LogP contribution >= 0.6 is 0 Å². The number of likely N-dealkylation sites (N-methyl/N-ethyl adjacent to an activating group) is 1. The molecule has 0 amide bonds. The summed E-state index contributed by atoms with van der Waals surface area (Å²) in [4.78, 5) is 11.6. The maximum absolute atomic E-state index is 11.6. The van der Waals surface area contributed by atoms with Crippen LogP contribution in [0.5, 0.6) is 5.75 Å². The first-order valence-corrected chi connectivity index (χ1v) is 6.76. The van der Waals surface area contributed by atoms with Crippen LogP contribution in [-0.4, -0.2) is 32.3 Å². The zero-order chi connectivity index (χ0) is 14.1. The van der Waals surface area contributed by atoms with Gasteiger partial charge in [0.05, 0.1) is 6.61 Å². The molecule has 0 fully saturated rings. The van der Waals surface area contributed by atoms with Gasteiger partial charge in [-0.2, -0.15) is 0 Å². The van der Waals surface area contributed by atoms with Crippen LogP contribution in [0.1, 0.15) is 25.8 Å². The van der Waals surface area contributed by atoms with Crippen molar-refractivity contribution in [1.29, 1.82) is 0 Å². The molecule has 0 aliphatic heterocycles. The van der Waals surface area contributed by atoms with E-state index in [1.54, 1.807) is 14.0 Å². The van der Waals surface area contributed by atoms with E-state index in [9.17, 15) is 4.79 Å². The zero-order valence-electron chi connectivity index (χ0n) is 11.9. The molecule has 1 unspecified atom stereocenters. The topological polar surface area (TPSA) is 47.6 Å². The number of esters is 1. The molecule has 0 aliphatic rings. The molecule has 0 saturated heterocycles. The summed E-state index contributed by atoms with van der Waals surface area (Å²) >= 11 is 0. The molecule has 4 nitrogen and oxygen atoms in total. The number of benzene rings is 1. The Balaban J connectivity index is 2.47. The maximum atomic E-state index is 11.6. The number of carbonyl (C=O) groups is 1. The van der Waals surface area contributed by atoms with Crippen LogP contribution in [0.4, 0.5) is 0 Å². The van der Waals surface area contributed by atoms with E-state index in [2.05, 4.69) is 24.4 Å². The fraction of sp³-hybridized carbons (Fsp3) is 0.533. The number of ether oxygens (including phenoxy) is 2. The highest BCUT2D eigenvalue weighted by atomic mass is 16.5. The Morgan fingerprint density at radius 2 is 1.95 bits per heavy atom. The lowest BCUT2D eigenvalue weighted by Crippen LogP contribution is -2.40. The summed E-state index contributed by atoms with van der Waals surface area (Å²) in [6.07, 6.45) is 2.20. The Morgan fingerprint density at radius 3 is 2.47 bits per heavy atom. The maximum Gasteiger partial charge on any atom is 0.326 e. The average molecular weight is 265 g/mol. The number of carbonyl (C=O) groups excluding carboxylic acids is 1. The monoisotopic (exact) mass is 265 g/mol. The van der Waals surface area contributed by atoms with E-state index >= 15 is 0 Å². The summed E-state index contributed by atoms with van der Waals surface area (Å²) in [7, 11) is 1.72. The lowest BCUT2D eigenvalue weighted by molar-refractivity contribution is -0.146. The van der Waals surface area contributed by atoms with Crippen LogP contribution in [-0.2, 0) is 16.0 Å². The van der Waals surface area contributed by atoms with Gasteiger partial charge in [0.2, 0.25) is 0 Å². The minimum Gasteiger partial charge on any atom is -0.491 e. The predicted molar refractivity (Wildman–Crippen MR) is 75.4 cm³/mol. The second-order valence-electron chi connectivity index (χ2n) is 4.30. The average Bonchev–Trinajstić information content (AvgIpc) is 2.42. The van der Waals surface area contributed by atoms with Crippen molar-refractivity contribution in [3.05, 3.63) is 29.8 Å². The summed E-state index contributed by atoms with van der Waals surface area (Å²) < 4.78 is 10.5. The van der Waals surface area contributed by atoms with Crippen LogP contribution in [0.15, 0.2) is 24.3 Å². The highest BCUT2D eigenvalue weighted by Gasteiger charge is 2.18. The molecule has 0 saturated carbocycles. The van der Waals surface area contributed by atoms with Crippen molar-refractivity contribution in [3.63, 3.8) is 0 Å². The predicted octanol–water partition coefficient (Wildman–Crippen LogP) is 2.17. The first kappa shape index (κ1) is 15.5. The Bertz CT molecular complexity index is 375. The molecular weight excluding hydrogens is 242 g/mol. The smallest absolute Gasteiger partial charge is 0.326 e. The number of rotatable bonds is 8. The molecule has 1 aromatic rings. The van der Waals surface area contributed by atoms with Gasteiger partial charge in [0.15, 0.2) is 0 Å². The second-order valence-corrected chi connectivity index (χ2v) is 4.30. The van der Waals surface area contributed by atoms with Gasteiger partial charge in [0, 0.05) is 0 Å². The molecule has 4 heteroatoms. The third-order valence-corrected chi connectivity index (χ3v) is 2.80. The molecule has 1 N–H and O–H groups in total. The molecule has 0 bridgehead atoms. The quantitative estimate of drug-likeness (QED) is 0.732. The van der Waals surface area contributed by atoms with E-state index < -0.39 is 6.04 Å². The highest BCUT2D eigenvalue weighted by molar-refractivity contribution is 5.75. The van der Waals surface area contributed by atoms with Crippen LogP contribution in [0, 0.1) is 0 Å². The van der Waals surface area contributed by atoms with Gasteiger partial charge in [-0.1, -0.05) is 25.5 Å². The third kappa shape index (κ3) is 5.30. The van der Waals surface area contributed by atoms with Gasteiger partial charge in [-0.25, -0.2) is 0 Å². The van der Waals surface area contributed by atoms with E-state index in [1.807, 2.05) is 12.1 Å². The highest BCUT2D eigenvalue weighted by Crippen LogP contribution is 2.13. The summed E-state index contributed by atoms with van der Waals surface area (Å²) in [5.74, 6) is 0.483. The largest absolute Gasteiger partial charge is 0.491 e. The molecule has 1 atom stereocenters. The van der Waals surface area contributed by atoms with Crippen molar-refractivity contribution in [1.82, 2.24) is 5.32 Å². The summed E-state index contributed by atoms with van der Waals surface area (Å²) in [5, 5.41) is 2.89. The van der Waals surface area contributed by atoms with E-state index in [0.717, 1.165) is 18.6 Å². The van der Waals surface area contributed by atoms with Crippen LogP contribution in [0.25, 0.3) is 0 Å². The molecule has 0 aliphatic carbocycles. The Kier molecular flexibility index (Phi) is 6.97. The zero-order valence-corrected chi connectivity index (χ0v) is 11.9. The SMILES string of the molecule is CCCc1ccc(OCC(NC)C(=O)OCC)cc1. The molecule has 0 aromatic heterocycles. The van der Waals surface area contributed by atoms with E-state index in [4.69, 9.17) is 9.47 Å².